The summed E-state index contributed by atoms with van der Waals surface area (Å²) in [5.74, 6) is -0.328. The topological polar surface area (TPSA) is 3.24 Å². The van der Waals surface area contributed by atoms with E-state index in [0.29, 0.717) is 11.3 Å². The van der Waals surface area contributed by atoms with Crippen LogP contribution in [0.1, 0.15) is 71.6 Å². The lowest BCUT2D eigenvalue weighted by Crippen LogP contribution is -2.34. The van der Waals surface area contributed by atoms with Crippen LogP contribution in [-0.4, -0.2) is 24.4 Å². The fraction of sp³-hybridized carbons (Fsp3) is 0.684. The molecule has 1 unspecified atom stereocenters. The fourth-order valence-electron chi connectivity index (χ4n) is 2.26. The van der Waals surface area contributed by atoms with E-state index in [4.69, 9.17) is 13.7 Å². The normalized spacial score (nSPS) is 39.0. The van der Waals surface area contributed by atoms with Gasteiger partial charge in [-0.15, -0.1) is 0 Å². The van der Waals surface area contributed by atoms with Crippen LogP contribution in [0.2, 0.25) is 0 Å². The van der Waals surface area contributed by atoms with Crippen LogP contribution in [0.25, 0.3) is 0 Å². The molecule has 1 aromatic rings. The van der Waals surface area contributed by atoms with Crippen LogP contribution in [0.5, 0.6) is 0 Å². The summed E-state index contributed by atoms with van der Waals surface area (Å²) in [7, 11) is 0. The Morgan fingerprint density at radius 3 is 2.25 bits per heavy atom. The van der Waals surface area contributed by atoms with Crippen molar-refractivity contribution in [3.63, 3.8) is 0 Å². The Hall–Kier alpha value is -0.820. The van der Waals surface area contributed by atoms with Gasteiger partial charge in [0.2, 0.25) is 0 Å². The first-order valence-corrected chi connectivity index (χ1v) is 7.08. The summed E-state index contributed by atoms with van der Waals surface area (Å²) in [6.07, 6.45) is -9.42. The van der Waals surface area contributed by atoms with Crippen LogP contribution >= 0.6 is 0 Å². The largest absolute Gasteiger partial charge is 0.303 e. The second kappa shape index (κ2) is 6.76. The molecule has 0 aromatic heterocycles. The lowest BCUT2D eigenvalue weighted by atomic mass is 9.86. The molecule has 1 aliphatic rings. The van der Waals surface area contributed by atoms with Crippen LogP contribution in [0.15, 0.2) is 24.3 Å². The number of hydrogen-bond donors (Lipinski definition) is 0. The molecular weight excluding hydrogens is 242 g/mol. The first kappa shape index (κ1) is 6.96. The maximum absolute atomic E-state index is 8.21. The molecule has 0 amide bonds. The highest BCUT2D eigenvalue weighted by Crippen LogP contribution is 2.23. The highest BCUT2D eigenvalue weighted by Gasteiger charge is 2.15. The molecule has 1 heterocycles. The Balaban J connectivity index is 2.31. The molecule has 2 rings (SSSR count). The van der Waals surface area contributed by atoms with E-state index < -0.39 is 32.1 Å². The highest BCUT2D eigenvalue weighted by atomic mass is 15.1. The molecule has 1 heteroatoms. The maximum atomic E-state index is 8.21. The summed E-state index contributed by atoms with van der Waals surface area (Å²) in [6.45, 7) is 1.71. The lowest BCUT2D eigenvalue weighted by molar-refractivity contribution is 0.200. The van der Waals surface area contributed by atoms with Crippen LogP contribution in [0, 0.1) is 5.92 Å². The standard InChI is InChI=1S/C19H31N/c1-16(15-20-12-6-5-7-13-20)14-17-8-10-18(11-9-17)19(2,3)4/h8-11,16H,5-7,12-15H2,1-4H3/i5D2,6D2,7D2,12D2,13D2. The molecule has 1 nitrogen and oxygen atoms in total. The molecule has 1 aromatic carbocycles. The van der Waals surface area contributed by atoms with Gasteiger partial charge in [-0.25, -0.2) is 0 Å². The summed E-state index contributed by atoms with van der Waals surface area (Å²) in [5.41, 5.74) is 2.11. The molecule has 1 atom stereocenters. The van der Waals surface area contributed by atoms with Gasteiger partial charge in [-0.3, -0.25) is 0 Å². The first-order chi connectivity index (χ1) is 13.2. The Morgan fingerprint density at radius 1 is 1.10 bits per heavy atom. The molecule has 20 heavy (non-hydrogen) atoms. The minimum absolute atomic E-state index is 0.000208. The van der Waals surface area contributed by atoms with Crippen LogP contribution in [0.3, 0.4) is 0 Å². The summed E-state index contributed by atoms with van der Waals surface area (Å²) in [5, 5.41) is 0. The average molecular weight is 284 g/mol. The van der Waals surface area contributed by atoms with Gasteiger partial charge in [-0.2, -0.15) is 0 Å². The van der Waals surface area contributed by atoms with Crippen molar-refractivity contribution in [1.29, 1.82) is 0 Å². The molecule has 0 N–H and O–H groups in total. The minimum atomic E-state index is -3.37. The smallest absolute Gasteiger partial charge is 0.0431 e. The van der Waals surface area contributed by atoms with E-state index in [-0.39, 0.29) is 17.9 Å². The van der Waals surface area contributed by atoms with Crippen molar-refractivity contribution in [2.45, 2.75) is 58.6 Å². The van der Waals surface area contributed by atoms with E-state index in [1.54, 1.807) is 6.92 Å². The minimum Gasteiger partial charge on any atom is -0.303 e. The number of likely N-dealkylation sites (tertiary alicyclic amines) is 1. The van der Waals surface area contributed by atoms with Crippen molar-refractivity contribution < 1.29 is 13.7 Å². The molecule has 0 saturated carbocycles. The van der Waals surface area contributed by atoms with Crippen molar-refractivity contribution in [3.05, 3.63) is 35.4 Å². The molecule has 0 bridgehead atoms. The molecular formula is C19H31N. The third-order valence-corrected chi connectivity index (χ3v) is 3.41. The predicted molar refractivity (Wildman–Crippen MR) is 88.3 cm³/mol. The second-order valence-electron chi connectivity index (χ2n) is 6.47. The number of benzene rings is 1. The zero-order chi connectivity index (χ0) is 23.6. The van der Waals surface area contributed by atoms with Crippen molar-refractivity contribution in [3.8, 4) is 0 Å². The van der Waals surface area contributed by atoms with Gasteiger partial charge in [0.25, 0.3) is 0 Å². The average Bonchev–Trinajstić information content (AvgIpc) is 2.57. The first-order valence-electron chi connectivity index (χ1n) is 12.1. The van der Waals surface area contributed by atoms with Gasteiger partial charge in [-0.05, 0) is 54.6 Å². The molecule has 1 fully saturated rings. The van der Waals surface area contributed by atoms with Gasteiger partial charge >= 0.3 is 0 Å². The molecule has 0 spiro atoms. The third kappa shape index (κ3) is 4.63. The Bertz CT molecular complexity index is 735. The zero-order valence-electron chi connectivity index (χ0n) is 22.7. The van der Waals surface area contributed by atoms with E-state index >= 15 is 0 Å². The Labute approximate surface area is 139 Å². The van der Waals surface area contributed by atoms with Crippen LogP contribution < -0.4 is 0 Å². The van der Waals surface area contributed by atoms with E-state index in [2.05, 4.69) is 20.8 Å². The molecule has 112 valence electrons. The van der Waals surface area contributed by atoms with Crippen molar-refractivity contribution in [2.75, 3.05) is 19.5 Å². The second-order valence-corrected chi connectivity index (χ2v) is 6.47. The number of nitrogens with zero attached hydrogens (tertiary/aromatic N) is 1. The van der Waals surface area contributed by atoms with Gasteiger partial charge in [0, 0.05) is 20.3 Å². The summed E-state index contributed by atoms with van der Waals surface area (Å²) < 4.78 is 80.7. The Kier molecular flexibility index (Phi) is 2.35. The van der Waals surface area contributed by atoms with Gasteiger partial charge in [-0.1, -0.05) is 58.3 Å². The number of hydrogen-bond acceptors (Lipinski definition) is 1. The number of rotatable bonds is 4. The third-order valence-electron chi connectivity index (χ3n) is 3.41. The fourth-order valence-corrected chi connectivity index (χ4v) is 2.26. The van der Waals surface area contributed by atoms with Crippen LogP contribution in [0.4, 0.5) is 0 Å². The number of piperidine rings is 1. The van der Waals surface area contributed by atoms with Crippen molar-refractivity contribution >= 4 is 0 Å². The van der Waals surface area contributed by atoms with Gasteiger partial charge < -0.3 is 4.90 Å². The molecule has 1 aliphatic heterocycles. The van der Waals surface area contributed by atoms with Gasteiger partial charge in [0.05, 0.1) is 0 Å². The highest BCUT2D eigenvalue weighted by molar-refractivity contribution is 5.27. The van der Waals surface area contributed by atoms with E-state index in [9.17, 15) is 0 Å². The van der Waals surface area contributed by atoms with Gasteiger partial charge in [0.15, 0.2) is 0 Å². The van der Waals surface area contributed by atoms with E-state index in [1.807, 2.05) is 24.3 Å². The SMILES string of the molecule is [2H]C1([2H])N(CC(C)Cc2ccc(C(C)(C)C)cc2)C([2H])([2H])C([2H])([2H])C([2H])([2H])C1([2H])[2H]. The quantitative estimate of drug-likeness (QED) is 0.777. The monoisotopic (exact) mass is 283 g/mol. The summed E-state index contributed by atoms with van der Waals surface area (Å²) >= 11 is 0. The van der Waals surface area contributed by atoms with Crippen molar-refractivity contribution in [1.82, 2.24) is 4.90 Å². The van der Waals surface area contributed by atoms with Crippen molar-refractivity contribution in [2.24, 2.45) is 5.92 Å². The van der Waals surface area contributed by atoms with Gasteiger partial charge in [0.1, 0.15) is 0 Å². The lowest BCUT2D eigenvalue weighted by Gasteiger charge is -2.29. The Morgan fingerprint density at radius 2 is 1.70 bits per heavy atom. The molecule has 0 radical (unpaired) electrons. The van der Waals surface area contributed by atoms with Crippen LogP contribution in [-0.2, 0) is 11.8 Å². The predicted octanol–water partition coefficient (Wildman–Crippen LogP) is 4.65. The summed E-state index contributed by atoms with van der Waals surface area (Å²) in [6, 6.07) is 7.92. The van der Waals surface area contributed by atoms with E-state index in [1.165, 1.54) is 0 Å². The maximum Gasteiger partial charge on any atom is 0.0431 e. The molecule has 1 saturated heterocycles. The van der Waals surface area contributed by atoms with E-state index in [0.717, 1.165) is 11.1 Å². The molecule has 0 aliphatic carbocycles. The summed E-state index contributed by atoms with van der Waals surface area (Å²) in [4.78, 5) is 0.523. The zero-order valence-corrected chi connectivity index (χ0v) is 12.7.